The summed E-state index contributed by atoms with van der Waals surface area (Å²) in [6, 6.07) is 11.0. The van der Waals surface area contributed by atoms with Crippen LogP contribution in [-0.2, 0) is 0 Å². The second-order valence-electron chi connectivity index (χ2n) is 5.15. The van der Waals surface area contributed by atoms with Gasteiger partial charge in [0.2, 0.25) is 0 Å². The van der Waals surface area contributed by atoms with Gasteiger partial charge in [0, 0.05) is 0 Å². The molecular formula is C18H28. The Labute approximate surface area is 113 Å². The standard InChI is InChI=1S/C18H28/c1-3-5-6-7-8-9-11-14-17(4-2)18-15-12-10-13-16-18/h3,10,12-13,15-17H,1,4-9,11,14H2,2H3. The van der Waals surface area contributed by atoms with Crippen LogP contribution in [0.1, 0.15) is 69.8 Å². The third-order valence-corrected chi connectivity index (χ3v) is 3.72. The average Bonchev–Trinajstić information content (AvgIpc) is 2.43. The van der Waals surface area contributed by atoms with Crippen molar-refractivity contribution in [2.24, 2.45) is 0 Å². The zero-order valence-corrected chi connectivity index (χ0v) is 11.9. The minimum atomic E-state index is 0.763. The number of hydrogen-bond acceptors (Lipinski definition) is 0. The van der Waals surface area contributed by atoms with Crippen LogP contribution < -0.4 is 0 Å². The molecule has 100 valence electrons. The number of unbranched alkanes of at least 4 members (excludes halogenated alkanes) is 5. The molecule has 0 aliphatic heterocycles. The van der Waals surface area contributed by atoms with Crippen molar-refractivity contribution < 1.29 is 0 Å². The molecule has 0 heteroatoms. The van der Waals surface area contributed by atoms with Crippen LogP contribution in [0.15, 0.2) is 43.0 Å². The third-order valence-electron chi connectivity index (χ3n) is 3.72. The molecule has 0 spiro atoms. The van der Waals surface area contributed by atoms with Crippen molar-refractivity contribution in [3.8, 4) is 0 Å². The van der Waals surface area contributed by atoms with E-state index in [4.69, 9.17) is 0 Å². The Balaban J connectivity index is 2.15. The van der Waals surface area contributed by atoms with Crippen LogP contribution in [0.4, 0.5) is 0 Å². The first-order valence-electron chi connectivity index (χ1n) is 7.54. The zero-order valence-electron chi connectivity index (χ0n) is 11.9. The average molecular weight is 244 g/mol. The molecule has 1 rings (SSSR count). The quantitative estimate of drug-likeness (QED) is 0.345. The summed E-state index contributed by atoms with van der Waals surface area (Å²) in [5, 5.41) is 0. The van der Waals surface area contributed by atoms with E-state index >= 15 is 0 Å². The molecule has 18 heavy (non-hydrogen) atoms. The monoisotopic (exact) mass is 244 g/mol. The van der Waals surface area contributed by atoms with Gasteiger partial charge in [-0.1, -0.05) is 69.0 Å². The Hall–Kier alpha value is -1.04. The lowest BCUT2D eigenvalue weighted by molar-refractivity contribution is 0.532. The zero-order chi connectivity index (χ0) is 13.1. The first-order chi connectivity index (χ1) is 8.88. The molecular weight excluding hydrogens is 216 g/mol. The molecule has 0 radical (unpaired) electrons. The fourth-order valence-electron chi connectivity index (χ4n) is 2.54. The molecule has 1 aromatic carbocycles. The molecule has 1 unspecified atom stereocenters. The summed E-state index contributed by atoms with van der Waals surface area (Å²) >= 11 is 0. The number of benzene rings is 1. The van der Waals surface area contributed by atoms with Gasteiger partial charge >= 0.3 is 0 Å². The van der Waals surface area contributed by atoms with E-state index in [1.165, 1.54) is 56.9 Å². The highest BCUT2D eigenvalue weighted by Crippen LogP contribution is 2.25. The van der Waals surface area contributed by atoms with Crippen LogP contribution in [0.3, 0.4) is 0 Å². The summed E-state index contributed by atoms with van der Waals surface area (Å²) in [5.74, 6) is 0.763. The van der Waals surface area contributed by atoms with E-state index in [0.29, 0.717) is 0 Å². The fraction of sp³-hybridized carbons (Fsp3) is 0.556. The molecule has 0 amide bonds. The van der Waals surface area contributed by atoms with Crippen LogP contribution >= 0.6 is 0 Å². The molecule has 0 fully saturated rings. The SMILES string of the molecule is C=CCCCCCCCC(CC)c1ccccc1. The lowest BCUT2D eigenvalue weighted by atomic mass is 9.91. The fourth-order valence-corrected chi connectivity index (χ4v) is 2.54. The van der Waals surface area contributed by atoms with Crippen molar-refractivity contribution in [1.29, 1.82) is 0 Å². The van der Waals surface area contributed by atoms with Crippen LogP contribution in [0, 0.1) is 0 Å². The summed E-state index contributed by atoms with van der Waals surface area (Å²) in [6.45, 7) is 6.07. The van der Waals surface area contributed by atoms with Gasteiger partial charge in [-0.15, -0.1) is 6.58 Å². The minimum Gasteiger partial charge on any atom is -0.103 e. The van der Waals surface area contributed by atoms with Gasteiger partial charge in [-0.2, -0.15) is 0 Å². The summed E-state index contributed by atoms with van der Waals surface area (Å²) in [7, 11) is 0. The van der Waals surface area contributed by atoms with Gasteiger partial charge in [0.1, 0.15) is 0 Å². The van der Waals surface area contributed by atoms with Gasteiger partial charge in [-0.3, -0.25) is 0 Å². The Kier molecular flexibility index (Phi) is 8.29. The van der Waals surface area contributed by atoms with E-state index in [1.54, 1.807) is 0 Å². The van der Waals surface area contributed by atoms with E-state index in [0.717, 1.165) is 5.92 Å². The van der Waals surface area contributed by atoms with Gasteiger partial charge in [0.25, 0.3) is 0 Å². The van der Waals surface area contributed by atoms with E-state index in [9.17, 15) is 0 Å². The van der Waals surface area contributed by atoms with Gasteiger partial charge < -0.3 is 0 Å². The predicted octanol–water partition coefficient (Wildman–Crippen LogP) is 6.10. The van der Waals surface area contributed by atoms with Crippen LogP contribution in [0.5, 0.6) is 0 Å². The highest BCUT2D eigenvalue weighted by molar-refractivity contribution is 5.19. The maximum absolute atomic E-state index is 3.76. The van der Waals surface area contributed by atoms with Gasteiger partial charge in [-0.25, -0.2) is 0 Å². The van der Waals surface area contributed by atoms with Crippen molar-refractivity contribution in [3.05, 3.63) is 48.6 Å². The van der Waals surface area contributed by atoms with Crippen LogP contribution in [-0.4, -0.2) is 0 Å². The molecule has 0 bridgehead atoms. The molecule has 0 heterocycles. The highest BCUT2D eigenvalue weighted by Gasteiger charge is 2.07. The number of hydrogen-bond donors (Lipinski definition) is 0. The van der Waals surface area contributed by atoms with Crippen molar-refractivity contribution in [1.82, 2.24) is 0 Å². The molecule has 0 N–H and O–H groups in total. The highest BCUT2D eigenvalue weighted by atomic mass is 14.1. The van der Waals surface area contributed by atoms with Gasteiger partial charge in [0.15, 0.2) is 0 Å². The molecule has 0 aromatic heterocycles. The number of allylic oxidation sites excluding steroid dienone is 1. The number of rotatable bonds is 10. The molecule has 1 atom stereocenters. The third kappa shape index (κ3) is 6.05. The smallest absolute Gasteiger partial charge is 0.0165 e. The van der Waals surface area contributed by atoms with Crippen molar-refractivity contribution in [2.75, 3.05) is 0 Å². The Morgan fingerprint density at radius 3 is 2.33 bits per heavy atom. The van der Waals surface area contributed by atoms with Crippen molar-refractivity contribution in [2.45, 2.75) is 64.2 Å². The Bertz CT molecular complexity index is 299. The molecule has 0 saturated heterocycles. The predicted molar refractivity (Wildman–Crippen MR) is 82.0 cm³/mol. The second-order valence-corrected chi connectivity index (χ2v) is 5.15. The molecule has 0 aliphatic rings. The van der Waals surface area contributed by atoms with E-state index in [1.807, 2.05) is 6.08 Å². The molecule has 0 saturated carbocycles. The summed E-state index contributed by atoms with van der Waals surface area (Å²) < 4.78 is 0. The van der Waals surface area contributed by atoms with Crippen LogP contribution in [0.25, 0.3) is 0 Å². The molecule has 0 nitrogen and oxygen atoms in total. The first kappa shape index (κ1) is 15.0. The van der Waals surface area contributed by atoms with E-state index in [2.05, 4.69) is 43.8 Å². The van der Waals surface area contributed by atoms with E-state index in [-0.39, 0.29) is 0 Å². The first-order valence-corrected chi connectivity index (χ1v) is 7.54. The Morgan fingerprint density at radius 2 is 1.67 bits per heavy atom. The second kappa shape index (κ2) is 9.94. The van der Waals surface area contributed by atoms with Gasteiger partial charge in [-0.05, 0) is 37.2 Å². The van der Waals surface area contributed by atoms with E-state index < -0.39 is 0 Å². The van der Waals surface area contributed by atoms with Crippen LogP contribution in [0.2, 0.25) is 0 Å². The largest absolute Gasteiger partial charge is 0.103 e. The summed E-state index contributed by atoms with van der Waals surface area (Å²) in [4.78, 5) is 0. The maximum atomic E-state index is 3.76. The van der Waals surface area contributed by atoms with Crippen molar-refractivity contribution >= 4 is 0 Å². The van der Waals surface area contributed by atoms with Gasteiger partial charge in [0.05, 0.1) is 0 Å². The van der Waals surface area contributed by atoms with Crippen molar-refractivity contribution in [3.63, 3.8) is 0 Å². The Morgan fingerprint density at radius 1 is 1.00 bits per heavy atom. The minimum absolute atomic E-state index is 0.763. The lowest BCUT2D eigenvalue weighted by Gasteiger charge is -2.15. The normalized spacial score (nSPS) is 12.3. The molecule has 1 aromatic rings. The summed E-state index contributed by atoms with van der Waals surface area (Å²) in [6.07, 6.45) is 12.7. The lowest BCUT2D eigenvalue weighted by Crippen LogP contribution is -1.97. The topological polar surface area (TPSA) is 0 Å². The maximum Gasteiger partial charge on any atom is -0.0165 e. The molecule has 0 aliphatic carbocycles. The summed E-state index contributed by atoms with van der Waals surface area (Å²) in [5.41, 5.74) is 1.52.